The molecule has 18 heavy (non-hydrogen) atoms. The third kappa shape index (κ3) is 4.37. The maximum Gasteiger partial charge on any atom is 0.142 e. The lowest BCUT2D eigenvalue weighted by Gasteiger charge is -2.17. The first-order valence-electron chi connectivity index (χ1n) is 5.52. The van der Waals surface area contributed by atoms with Crippen LogP contribution in [0.4, 0.5) is 4.39 Å². The topological polar surface area (TPSA) is 55.5 Å². The summed E-state index contributed by atoms with van der Waals surface area (Å²) < 4.78 is 18.2. The van der Waals surface area contributed by atoms with Crippen LogP contribution in [0.15, 0.2) is 12.1 Å². The summed E-state index contributed by atoms with van der Waals surface area (Å²) in [5.41, 5.74) is 6.11. The summed E-state index contributed by atoms with van der Waals surface area (Å²) in [4.78, 5) is 0. The summed E-state index contributed by atoms with van der Waals surface area (Å²) in [6, 6.07) is 2.17. The number of methoxy groups -OCH3 is 1. The van der Waals surface area contributed by atoms with E-state index in [2.05, 4.69) is 0 Å². The zero-order valence-corrected chi connectivity index (χ0v) is 11.5. The summed E-state index contributed by atoms with van der Waals surface area (Å²) in [5.74, 6) is -0.611. The molecule has 1 aromatic rings. The van der Waals surface area contributed by atoms with Gasteiger partial charge in [-0.3, -0.25) is 0 Å². The number of rotatable bonds is 6. The molecule has 0 aliphatic rings. The Hall–Kier alpha value is -0.390. The highest BCUT2D eigenvalue weighted by atomic mass is 35.5. The molecule has 1 aromatic carbocycles. The molecule has 0 amide bonds. The Balaban J connectivity index is 2.72. The molecule has 102 valence electrons. The van der Waals surface area contributed by atoms with Gasteiger partial charge < -0.3 is 15.6 Å². The van der Waals surface area contributed by atoms with E-state index in [-0.39, 0.29) is 22.5 Å². The van der Waals surface area contributed by atoms with E-state index in [0.717, 1.165) is 6.07 Å². The minimum Gasteiger partial charge on any atom is -0.388 e. The first kappa shape index (κ1) is 15.7. The van der Waals surface area contributed by atoms with Crippen LogP contribution < -0.4 is 5.73 Å². The molecule has 2 unspecified atom stereocenters. The number of benzene rings is 1. The Kier molecular flexibility index (Phi) is 6.32. The largest absolute Gasteiger partial charge is 0.388 e. The van der Waals surface area contributed by atoms with Crippen molar-refractivity contribution in [2.45, 2.75) is 25.0 Å². The molecule has 0 spiro atoms. The van der Waals surface area contributed by atoms with Crippen LogP contribution in [0.25, 0.3) is 0 Å². The molecule has 0 bridgehead atoms. The molecule has 0 saturated heterocycles. The van der Waals surface area contributed by atoms with Gasteiger partial charge in [0, 0.05) is 30.3 Å². The van der Waals surface area contributed by atoms with E-state index in [4.69, 9.17) is 33.7 Å². The minimum atomic E-state index is -0.920. The van der Waals surface area contributed by atoms with E-state index < -0.39 is 11.9 Å². The summed E-state index contributed by atoms with van der Waals surface area (Å²) in [5, 5.41) is 10.1. The van der Waals surface area contributed by atoms with Crippen molar-refractivity contribution in [3.8, 4) is 0 Å². The third-order valence-electron chi connectivity index (χ3n) is 2.62. The van der Waals surface area contributed by atoms with Crippen LogP contribution >= 0.6 is 23.2 Å². The summed E-state index contributed by atoms with van der Waals surface area (Å²) in [6.07, 6.45) is -0.0260. The molecular weight excluding hydrogens is 280 g/mol. The lowest BCUT2D eigenvalue weighted by molar-refractivity contribution is 0.141. The first-order valence-corrected chi connectivity index (χ1v) is 6.28. The number of hydrogen-bond donors (Lipinski definition) is 2. The van der Waals surface area contributed by atoms with E-state index >= 15 is 0 Å². The molecule has 0 aliphatic heterocycles. The number of hydrogen-bond acceptors (Lipinski definition) is 3. The van der Waals surface area contributed by atoms with Gasteiger partial charge in [0.25, 0.3) is 0 Å². The maximum atomic E-state index is 13.3. The van der Waals surface area contributed by atoms with E-state index in [1.54, 1.807) is 7.11 Å². The second kappa shape index (κ2) is 7.26. The van der Waals surface area contributed by atoms with Gasteiger partial charge in [-0.2, -0.15) is 0 Å². The fourth-order valence-corrected chi connectivity index (χ4v) is 2.10. The van der Waals surface area contributed by atoms with Gasteiger partial charge in [-0.05, 0) is 25.0 Å². The molecule has 1 rings (SSSR count). The monoisotopic (exact) mass is 295 g/mol. The highest BCUT2D eigenvalue weighted by Crippen LogP contribution is 2.30. The quantitative estimate of drug-likeness (QED) is 0.794. The van der Waals surface area contributed by atoms with Crippen molar-refractivity contribution >= 4 is 23.2 Å². The van der Waals surface area contributed by atoms with E-state index in [1.165, 1.54) is 6.07 Å². The van der Waals surface area contributed by atoms with Gasteiger partial charge in [0.2, 0.25) is 0 Å². The van der Waals surface area contributed by atoms with Crippen molar-refractivity contribution in [1.82, 2.24) is 0 Å². The molecule has 0 fully saturated rings. The lowest BCUT2D eigenvalue weighted by atomic mass is 10.0. The van der Waals surface area contributed by atoms with E-state index in [1.807, 2.05) is 0 Å². The Morgan fingerprint density at radius 3 is 2.67 bits per heavy atom. The second-order valence-electron chi connectivity index (χ2n) is 4.08. The van der Waals surface area contributed by atoms with Crippen LogP contribution in [0.5, 0.6) is 0 Å². The van der Waals surface area contributed by atoms with Crippen molar-refractivity contribution < 1.29 is 14.2 Å². The number of nitrogens with two attached hydrogens (primary N) is 1. The van der Waals surface area contributed by atoms with Crippen LogP contribution in [0.3, 0.4) is 0 Å². The van der Waals surface area contributed by atoms with E-state index in [0.29, 0.717) is 18.6 Å². The zero-order chi connectivity index (χ0) is 13.7. The summed E-state index contributed by atoms with van der Waals surface area (Å²) in [6.45, 7) is 0.511. The van der Waals surface area contributed by atoms with Crippen molar-refractivity contribution in [2.24, 2.45) is 5.73 Å². The van der Waals surface area contributed by atoms with Gasteiger partial charge in [0.05, 0.1) is 11.1 Å². The predicted molar refractivity (Wildman–Crippen MR) is 70.5 cm³/mol. The third-order valence-corrected chi connectivity index (χ3v) is 3.23. The smallest absolute Gasteiger partial charge is 0.142 e. The molecule has 0 aromatic heterocycles. The normalized spacial score (nSPS) is 14.6. The van der Waals surface area contributed by atoms with Gasteiger partial charge in [-0.25, -0.2) is 4.39 Å². The van der Waals surface area contributed by atoms with Crippen LogP contribution in [-0.2, 0) is 4.74 Å². The zero-order valence-electron chi connectivity index (χ0n) is 10.00. The van der Waals surface area contributed by atoms with Gasteiger partial charge in [0.15, 0.2) is 0 Å². The highest BCUT2D eigenvalue weighted by molar-refractivity contribution is 6.35. The maximum absolute atomic E-state index is 13.3. The molecule has 0 heterocycles. The lowest BCUT2D eigenvalue weighted by Crippen LogP contribution is -2.24. The van der Waals surface area contributed by atoms with Crippen molar-refractivity contribution in [1.29, 1.82) is 0 Å². The number of aliphatic hydroxyl groups is 1. The molecule has 3 N–H and O–H groups in total. The average molecular weight is 296 g/mol. The Morgan fingerprint density at radius 2 is 2.06 bits per heavy atom. The summed E-state index contributed by atoms with van der Waals surface area (Å²) >= 11 is 11.5. The molecule has 6 heteroatoms. The molecule has 0 radical (unpaired) electrons. The van der Waals surface area contributed by atoms with Crippen LogP contribution in [0, 0.1) is 5.82 Å². The van der Waals surface area contributed by atoms with Crippen LogP contribution in [0.2, 0.25) is 10.0 Å². The van der Waals surface area contributed by atoms with Gasteiger partial charge in [0.1, 0.15) is 5.82 Å². The SMILES string of the molecule is COCCC(N)CC(O)c1cc(F)c(Cl)cc1Cl. The Labute approximate surface area is 116 Å². The Bertz CT molecular complexity index is 404. The van der Waals surface area contributed by atoms with Crippen molar-refractivity contribution in [3.05, 3.63) is 33.6 Å². The highest BCUT2D eigenvalue weighted by Gasteiger charge is 2.17. The average Bonchev–Trinajstić information content (AvgIpc) is 2.31. The van der Waals surface area contributed by atoms with Gasteiger partial charge in [-0.15, -0.1) is 0 Å². The summed E-state index contributed by atoms with van der Waals surface area (Å²) in [7, 11) is 1.58. The molecule has 0 aliphatic carbocycles. The van der Waals surface area contributed by atoms with Crippen molar-refractivity contribution in [3.63, 3.8) is 0 Å². The number of halogens is 3. The predicted octanol–water partition coefficient (Wildman–Crippen LogP) is 2.92. The second-order valence-corrected chi connectivity index (χ2v) is 4.90. The number of aliphatic hydroxyl groups excluding tert-OH is 1. The first-order chi connectivity index (χ1) is 8.45. The van der Waals surface area contributed by atoms with Gasteiger partial charge >= 0.3 is 0 Å². The molecule has 3 nitrogen and oxygen atoms in total. The van der Waals surface area contributed by atoms with E-state index in [9.17, 15) is 9.50 Å². The van der Waals surface area contributed by atoms with Crippen LogP contribution in [0.1, 0.15) is 24.5 Å². The number of ether oxygens (including phenoxy) is 1. The Morgan fingerprint density at radius 1 is 1.39 bits per heavy atom. The van der Waals surface area contributed by atoms with Gasteiger partial charge in [-0.1, -0.05) is 23.2 Å². The molecule has 2 atom stereocenters. The van der Waals surface area contributed by atoms with Crippen molar-refractivity contribution in [2.75, 3.05) is 13.7 Å². The fourth-order valence-electron chi connectivity index (χ4n) is 1.59. The van der Waals surface area contributed by atoms with Crippen LogP contribution in [-0.4, -0.2) is 24.9 Å². The standard InChI is InChI=1S/C12H16Cl2FNO2/c1-18-3-2-7(16)4-12(17)8-5-11(15)10(14)6-9(8)13/h5-7,12,17H,2-4,16H2,1H3. The fraction of sp³-hybridized carbons (Fsp3) is 0.500. The molecular formula is C12H16Cl2FNO2. The minimum absolute atomic E-state index is 0.0698. The molecule has 0 saturated carbocycles.